The first-order valence-electron chi connectivity index (χ1n) is 1.57. The summed E-state index contributed by atoms with van der Waals surface area (Å²) in [5.74, 6) is 0. The highest BCUT2D eigenvalue weighted by Gasteiger charge is 1.88. The maximum absolute atomic E-state index is 9.66. The van der Waals surface area contributed by atoms with E-state index < -0.39 is 5.56 Å². The van der Waals surface area contributed by atoms with E-state index in [2.05, 4.69) is 0 Å². The van der Waals surface area contributed by atoms with E-state index in [1.165, 1.54) is 0 Å². The Labute approximate surface area is 36.6 Å². The minimum atomic E-state index is -0.894. The van der Waals surface area contributed by atoms with E-state index in [0.29, 0.717) is 6.42 Å². The maximum Gasteiger partial charge on any atom is 0.166 e. The Bertz CT molecular complexity index is 20.9. The molecule has 0 aliphatic rings. The van der Waals surface area contributed by atoms with E-state index in [9.17, 15) is 5.11 Å². The van der Waals surface area contributed by atoms with Crippen LogP contribution in [0.5, 0.6) is 0 Å². The van der Waals surface area contributed by atoms with Gasteiger partial charge < -0.3 is 0 Å². The van der Waals surface area contributed by atoms with Crippen LogP contribution < -0.4 is 0 Å². The van der Waals surface area contributed by atoms with Crippen LogP contribution in [0.2, 0.25) is 0 Å². The fourth-order valence-corrected chi connectivity index (χ4v) is 0. The smallest absolute Gasteiger partial charge is 0.166 e. The van der Waals surface area contributed by atoms with Gasteiger partial charge in [0, 0.05) is 0 Å². The molecule has 1 nitrogen and oxygen atoms in total. The monoisotopic (exact) mass is 93.0 g/mol. The molecule has 0 bridgehead atoms. The summed E-state index contributed by atoms with van der Waals surface area (Å²) in [5, 5.41) is 9.66. The van der Waals surface area contributed by atoms with Gasteiger partial charge in [0.2, 0.25) is 0 Å². The summed E-state index contributed by atoms with van der Waals surface area (Å²) in [7, 11) is 0. The quantitative estimate of drug-likeness (QED) is 0.437. The second kappa shape index (κ2) is 2.49. The van der Waals surface area contributed by atoms with E-state index in [1.807, 2.05) is 0 Å². The van der Waals surface area contributed by atoms with Gasteiger partial charge in [-0.15, -0.1) is 0 Å². The zero-order valence-electron chi connectivity index (χ0n) is 3.07. The molecular weight excluding hydrogens is 87.5 g/mol. The highest BCUT2D eigenvalue weighted by molar-refractivity contribution is 6.19. The first-order valence-corrected chi connectivity index (χ1v) is 2.01. The number of alkyl halides is 1. The van der Waals surface area contributed by atoms with Gasteiger partial charge in [-0.05, 0) is 6.42 Å². The predicted molar refractivity (Wildman–Crippen MR) is 20.6 cm³/mol. The molecule has 2 heteroatoms. The van der Waals surface area contributed by atoms with E-state index in [1.54, 1.807) is 6.92 Å². The molecule has 0 saturated heterocycles. The average Bonchev–Trinajstić information content (AvgIpc) is 1.38. The van der Waals surface area contributed by atoms with Crippen LogP contribution >= 0.6 is 11.6 Å². The molecule has 0 fully saturated rings. The van der Waals surface area contributed by atoms with Gasteiger partial charge >= 0.3 is 0 Å². The largest absolute Gasteiger partial charge is 0.216 e. The zero-order valence-corrected chi connectivity index (χ0v) is 3.83. The molecule has 0 rings (SSSR count). The van der Waals surface area contributed by atoms with Gasteiger partial charge in [-0.1, -0.05) is 18.5 Å². The fraction of sp³-hybridized carbons (Fsp3) is 1.00. The van der Waals surface area contributed by atoms with Crippen molar-refractivity contribution in [2.75, 3.05) is 0 Å². The van der Waals surface area contributed by atoms with Gasteiger partial charge in [-0.3, -0.25) is 0 Å². The molecule has 0 aromatic rings. The summed E-state index contributed by atoms with van der Waals surface area (Å²) >= 11 is 4.91. The van der Waals surface area contributed by atoms with Gasteiger partial charge in [0.1, 0.15) is 0 Å². The lowest BCUT2D eigenvalue weighted by molar-refractivity contribution is 0.155. The molecule has 0 unspecified atom stereocenters. The Hall–Kier alpha value is 0.250. The molecular formula is C3H6ClO. The van der Waals surface area contributed by atoms with Gasteiger partial charge in [-0.25, -0.2) is 5.11 Å². The molecule has 0 aliphatic heterocycles. The van der Waals surface area contributed by atoms with Crippen molar-refractivity contribution in [3.05, 3.63) is 0 Å². The van der Waals surface area contributed by atoms with Gasteiger partial charge in [0.05, 0.1) is 0 Å². The summed E-state index contributed by atoms with van der Waals surface area (Å²) in [6.07, 6.45) is 0.515. The van der Waals surface area contributed by atoms with Crippen LogP contribution in [0.4, 0.5) is 0 Å². The van der Waals surface area contributed by atoms with Crippen LogP contribution in [0.1, 0.15) is 13.3 Å². The predicted octanol–water partition coefficient (Wildman–Crippen LogP) is 1.39. The molecule has 0 N–H and O–H groups in total. The second-order valence-electron chi connectivity index (χ2n) is 0.818. The van der Waals surface area contributed by atoms with Crippen LogP contribution in [0.15, 0.2) is 0 Å². The minimum absolute atomic E-state index is 0.515. The molecule has 0 aromatic heterocycles. The molecule has 31 valence electrons. The molecule has 0 aromatic carbocycles. The van der Waals surface area contributed by atoms with Crippen molar-refractivity contribution in [1.29, 1.82) is 0 Å². The van der Waals surface area contributed by atoms with Crippen LogP contribution in [0, 0.1) is 0 Å². The Morgan fingerprint density at radius 2 is 2.20 bits per heavy atom. The molecule has 0 spiro atoms. The van der Waals surface area contributed by atoms with E-state index in [0.717, 1.165) is 0 Å². The highest BCUT2D eigenvalue weighted by atomic mass is 35.5. The number of halogens is 1. The Kier molecular flexibility index (Phi) is 2.61. The summed E-state index contributed by atoms with van der Waals surface area (Å²) in [6, 6.07) is 0. The summed E-state index contributed by atoms with van der Waals surface area (Å²) < 4.78 is 0. The lowest BCUT2D eigenvalue weighted by Crippen LogP contribution is -1.85. The third-order valence-corrected chi connectivity index (χ3v) is 0.630. The third-order valence-electron chi connectivity index (χ3n) is 0.321. The number of hydrogen-bond acceptors (Lipinski definition) is 0. The van der Waals surface area contributed by atoms with E-state index in [-0.39, 0.29) is 0 Å². The van der Waals surface area contributed by atoms with Crippen LogP contribution in [0.3, 0.4) is 0 Å². The summed E-state index contributed by atoms with van der Waals surface area (Å²) in [6.45, 7) is 1.75. The fourth-order valence-electron chi connectivity index (χ4n) is 0. The van der Waals surface area contributed by atoms with Crippen LogP contribution in [-0.4, -0.2) is 5.56 Å². The van der Waals surface area contributed by atoms with Crippen molar-refractivity contribution in [3.63, 3.8) is 0 Å². The lowest BCUT2D eigenvalue weighted by Gasteiger charge is -1.83. The van der Waals surface area contributed by atoms with Crippen molar-refractivity contribution in [1.82, 2.24) is 0 Å². The average molecular weight is 93.5 g/mol. The van der Waals surface area contributed by atoms with Crippen molar-refractivity contribution in [2.45, 2.75) is 18.9 Å². The highest BCUT2D eigenvalue weighted by Crippen LogP contribution is 1.92. The lowest BCUT2D eigenvalue weighted by atomic mass is 10.5. The SMILES string of the molecule is CC[C@@H]([O])Cl. The van der Waals surface area contributed by atoms with Gasteiger partial charge in [0.15, 0.2) is 5.56 Å². The Balaban J connectivity index is 2.54. The molecule has 1 radical (unpaired) electrons. The molecule has 0 saturated carbocycles. The van der Waals surface area contributed by atoms with Gasteiger partial charge in [0.25, 0.3) is 0 Å². The Morgan fingerprint density at radius 3 is 2.20 bits per heavy atom. The summed E-state index contributed by atoms with van der Waals surface area (Å²) in [4.78, 5) is 0. The molecule has 0 heterocycles. The van der Waals surface area contributed by atoms with Crippen molar-refractivity contribution >= 4 is 11.6 Å². The molecule has 0 amide bonds. The molecule has 1 atom stereocenters. The van der Waals surface area contributed by atoms with Crippen molar-refractivity contribution < 1.29 is 5.11 Å². The topological polar surface area (TPSA) is 19.9 Å². The first-order chi connectivity index (χ1) is 2.27. The molecule has 5 heavy (non-hydrogen) atoms. The number of hydrogen-bond donors (Lipinski definition) is 0. The molecule has 0 aliphatic carbocycles. The maximum atomic E-state index is 9.66. The van der Waals surface area contributed by atoms with E-state index >= 15 is 0 Å². The Morgan fingerprint density at radius 1 is 2.00 bits per heavy atom. The normalized spacial score (nSPS) is 15.0. The first kappa shape index (κ1) is 5.25. The van der Waals surface area contributed by atoms with Crippen LogP contribution in [0.25, 0.3) is 0 Å². The van der Waals surface area contributed by atoms with Crippen molar-refractivity contribution in [3.8, 4) is 0 Å². The third kappa shape index (κ3) is 4.25. The zero-order chi connectivity index (χ0) is 4.28. The summed E-state index contributed by atoms with van der Waals surface area (Å²) in [5.41, 5.74) is -0.894. The number of rotatable bonds is 1. The van der Waals surface area contributed by atoms with Crippen molar-refractivity contribution in [2.24, 2.45) is 0 Å². The van der Waals surface area contributed by atoms with Crippen LogP contribution in [-0.2, 0) is 5.11 Å². The van der Waals surface area contributed by atoms with Gasteiger partial charge in [-0.2, -0.15) is 0 Å². The van der Waals surface area contributed by atoms with E-state index in [4.69, 9.17) is 11.6 Å². The standard InChI is InChI=1S/C3H6ClO/c1-2-3(4)5/h3H,2H2,1H3/t3-/m1/s1. The second-order valence-corrected chi connectivity index (χ2v) is 1.31. The minimum Gasteiger partial charge on any atom is -0.216 e.